The minimum Gasteiger partial charge on any atom is -0.367 e. The Kier molecular flexibility index (Phi) is 4.69. The molecule has 0 aliphatic rings. The quantitative estimate of drug-likeness (QED) is 0.907. The van der Waals surface area contributed by atoms with E-state index in [0.717, 1.165) is 30.0 Å². The second-order valence-corrected chi connectivity index (χ2v) is 4.92. The highest BCUT2D eigenvalue weighted by Crippen LogP contribution is 2.25. The Labute approximate surface area is 120 Å². The van der Waals surface area contributed by atoms with Crippen molar-refractivity contribution < 1.29 is 0 Å². The van der Waals surface area contributed by atoms with Crippen molar-refractivity contribution in [2.75, 3.05) is 11.4 Å². The van der Waals surface area contributed by atoms with Crippen LogP contribution in [0.15, 0.2) is 30.6 Å². The number of rotatable bonds is 5. The largest absolute Gasteiger partial charge is 0.367 e. The zero-order chi connectivity index (χ0) is 14.5. The molecule has 0 unspecified atom stereocenters. The Morgan fingerprint density at radius 3 is 2.50 bits per heavy atom. The summed E-state index contributed by atoms with van der Waals surface area (Å²) in [5.74, 6) is 0. The van der Waals surface area contributed by atoms with Crippen molar-refractivity contribution in [3.63, 3.8) is 0 Å². The van der Waals surface area contributed by atoms with Gasteiger partial charge >= 0.3 is 0 Å². The van der Waals surface area contributed by atoms with Crippen LogP contribution in [0.25, 0.3) is 0 Å². The molecular formula is C16H22N4. The number of aromatic nitrogens is 2. The maximum absolute atomic E-state index is 5.91. The van der Waals surface area contributed by atoms with Crippen molar-refractivity contribution in [2.24, 2.45) is 5.73 Å². The molecular weight excluding hydrogens is 248 g/mol. The van der Waals surface area contributed by atoms with E-state index >= 15 is 0 Å². The van der Waals surface area contributed by atoms with Gasteiger partial charge in [0, 0.05) is 54.7 Å². The molecule has 0 fully saturated rings. The minimum absolute atomic E-state index is 0.515. The standard InChI is InChI=1S/C16H22N4/c1-4-20(11-14-5-7-18-8-6-14)16-9-12(2)19-13(3)15(16)10-17/h5-9H,4,10-11,17H2,1-3H3. The van der Waals surface area contributed by atoms with Crippen LogP contribution >= 0.6 is 0 Å². The van der Waals surface area contributed by atoms with E-state index in [2.05, 4.69) is 27.9 Å². The van der Waals surface area contributed by atoms with Crippen LogP contribution in [0.2, 0.25) is 0 Å². The average Bonchev–Trinajstić information content (AvgIpc) is 2.45. The molecule has 0 amide bonds. The number of pyridine rings is 2. The third kappa shape index (κ3) is 3.14. The van der Waals surface area contributed by atoms with Gasteiger partial charge in [0.2, 0.25) is 0 Å². The van der Waals surface area contributed by atoms with Crippen LogP contribution in [0, 0.1) is 13.8 Å². The van der Waals surface area contributed by atoms with Crippen LogP contribution in [0.1, 0.15) is 29.4 Å². The minimum atomic E-state index is 0.515. The first-order valence-corrected chi connectivity index (χ1v) is 6.96. The van der Waals surface area contributed by atoms with Gasteiger partial charge < -0.3 is 10.6 Å². The van der Waals surface area contributed by atoms with Crippen LogP contribution in [0.4, 0.5) is 5.69 Å². The van der Waals surface area contributed by atoms with Gasteiger partial charge in [-0.2, -0.15) is 0 Å². The number of aryl methyl sites for hydroxylation is 2. The van der Waals surface area contributed by atoms with E-state index in [1.807, 2.05) is 38.4 Å². The Balaban J connectivity index is 2.36. The number of hydrogen-bond donors (Lipinski definition) is 1. The lowest BCUT2D eigenvalue weighted by Gasteiger charge is -2.26. The maximum atomic E-state index is 5.91. The summed E-state index contributed by atoms with van der Waals surface area (Å²) < 4.78 is 0. The highest BCUT2D eigenvalue weighted by atomic mass is 15.1. The highest BCUT2D eigenvalue weighted by Gasteiger charge is 2.13. The first-order chi connectivity index (χ1) is 9.65. The van der Waals surface area contributed by atoms with E-state index in [4.69, 9.17) is 5.73 Å². The summed E-state index contributed by atoms with van der Waals surface area (Å²) >= 11 is 0. The molecule has 0 spiro atoms. The summed E-state index contributed by atoms with van der Waals surface area (Å²) in [5, 5.41) is 0. The molecule has 4 nitrogen and oxygen atoms in total. The highest BCUT2D eigenvalue weighted by molar-refractivity contribution is 5.56. The third-order valence-corrected chi connectivity index (χ3v) is 3.48. The molecule has 0 atom stereocenters. The molecule has 20 heavy (non-hydrogen) atoms. The van der Waals surface area contributed by atoms with Crippen molar-refractivity contribution in [3.05, 3.63) is 53.1 Å². The van der Waals surface area contributed by atoms with E-state index in [1.165, 1.54) is 11.3 Å². The molecule has 0 aliphatic heterocycles. The molecule has 0 bridgehead atoms. The zero-order valence-electron chi connectivity index (χ0n) is 12.4. The number of nitrogens with two attached hydrogens (primary N) is 1. The average molecular weight is 270 g/mol. The van der Waals surface area contributed by atoms with Crippen molar-refractivity contribution in [3.8, 4) is 0 Å². The maximum Gasteiger partial charge on any atom is 0.0451 e. The summed E-state index contributed by atoms with van der Waals surface area (Å²) in [5.41, 5.74) is 11.5. The van der Waals surface area contributed by atoms with Crippen molar-refractivity contribution in [2.45, 2.75) is 33.9 Å². The molecule has 0 saturated carbocycles. The van der Waals surface area contributed by atoms with E-state index in [0.29, 0.717) is 6.54 Å². The molecule has 0 saturated heterocycles. The summed E-state index contributed by atoms with van der Waals surface area (Å²) in [6.07, 6.45) is 3.66. The smallest absolute Gasteiger partial charge is 0.0451 e. The van der Waals surface area contributed by atoms with Crippen LogP contribution in [0.5, 0.6) is 0 Å². The molecule has 0 radical (unpaired) electrons. The lowest BCUT2D eigenvalue weighted by molar-refractivity contribution is 0.812. The second-order valence-electron chi connectivity index (χ2n) is 4.92. The molecule has 2 rings (SSSR count). The Bertz CT molecular complexity index is 566. The molecule has 0 aliphatic carbocycles. The Morgan fingerprint density at radius 2 is 1.90 bits per heavy atom. The van der Waals surface area contributed by atoms with E-state index in [9.17, 15) is 0 Å². The third-order valence-electron chi connectivity index (χ3n) is 3.48. The first kappa shape index (κ1) is 14.5. The molecule has 0 aromatic carbocycles. The molecule has 2 aromatic heterocycles. The van der Waals surface area contributed by atoms with Crippen molar-refractivity contribution >= 4 is 5.69 Å². The Hall–Kier alpha value is -1.94. The van der Waals surface area contributed by atoms with Gasteiger partial charge in [-0.1, -0.05) is 0 Å². The normalized spacial score (nSPS) is 10.6. The predicted molar refractivity (Wildman–Crippen MR) is 82.6 cm³/mol. The molecule has 4 heteroatoms. The summed E-state index contributed by atoms with van der Waals surface area (Å²) in [6.45, 7) is 8.51. The first-order valence-electron chi connectivity index (χ1n) is 6.96. The van der Waals surface area contributed by atoms with Gasteiger partial charge in [-0.25, -0.2) is 0 Å². The fourth-order valence-corrected chi connectivity index (χ4v) is 2.44. The van der Waals surface area contributed by atoms with Crippen LogP contribution in [0.3, 0.4) is 0 Å². The lowest BCUT2D eigenvalue weighted by Crippen LogP contribution is -2.25. The molecule has 106 valence electrons. The van der Waals surface area contributed by atoms with Gasteiger partial charge in [0.1, 0.15) is 0 Å². The van der Waals surface area contributed by atoms with Crippen LogP contribution < -0.4 is 10.6 Å². The Morgan fingerprint density at radius 1 is 1.20 bits per heavy atom. The summed E-state index contributed by atoms with van der Waals surface area (Å²) in [4.78, 5) is 10.9. The SMILES string of the molecule is CCN(Cc1ccncc1)c1cc(C)nc(C)c1CN. The monoisotopic (exact) mass is 270 g/mol. The van der Waals surface area contributed by atoms with Gasteiger partial charge in [0.05, 0.1) is 0 Å². The van der Waals surface area contributed by atoms with Gasteiger partial charge in [-0.15, -0.1) is 0 Å². The fourth-order valence-electron chi connectivity index (χ4n) is 2.44. The predicted octanol–water partition coefficient (Wildman–Crippen LogP) is 2.58. The fraction of sp³-hybridized carbons (Fsp3) is 0.375. The van der Waals surface area contributed by atoms with Crippen LogP contribution in [-0.2, 0) is 13.1 Å². The number of nitrogens with zero attached hydrogens (tertiary/aromatic N) is 3. The van der Waals surface area contributed by atoms with E-state index in [1.54, 1.807) is 0 Å². The molecule has 2 heterocycles. The molecule has 2 aromatic rings. The van der Waals surface area contributed by atoms with Gasteiger partial charge in [-0.05, 0) is 44.5 Å². The van der Waals surface area contributed by atoms with Crippen LogP contribution in [-0.4, -0.2) is 16.5 Å². The van der Waals surface area contributed by atoms with Crippen molar-refractivity contribution in [1.29, 1.82) is 0 Å². The zero-order valence-corrected chi connectivity index (χ0v) is 12.4. The number of anilines is 1. The summed E-state index contributed by atoms with van der Waals surface area (Å²) in [6, 6.07) is 6.22. The topological polar surface area (TPSA) is 55.0 Å². The van der Waals surface area contributed by atoms with Gasteiger partial charge in [0.15, 0.2) is 0 Å². The summed E-state index contributed by atoms with van der Waals surface area (Å²) in [7, 11) is 0. The second kappa shape index (κ2) is 6.48. The van der Waals surface area contributed by atoms with Gasteiger partial charge in [0.25, 0.3) is 0 Å². The van der Waals surface area contributed by atoms with E-state index < -0.39 is 0 Å². The van der Waals surface area contributed by atoms with Gasteiger partial charge in [-0.3, -0.25) is 9.97 Å². The van der Waals surface area contributed by atoms with E-state index in [-0.39, 0.29) is 0 Å². The lowest BCUT2D eigenvalue weighted by atomic mass is 10.1. The molecule has 2 N–H and O–H groups in total. The number of hydrogen-bond acceptors (Lipinski definition) is 4. The van der Waals surface area contributed by atoms with Crippen molar-refractivity contribution in [1.82, 2.24) is 9.97 Å².